The van der Waals surface area contributed by atoms with Crippen molar-refractivity contribution in [1.29, 1.82) is 0 Å². The zero-order valence-corrected chi connectivity index (χ0v) is 29.4. The van der Waals surface area contributed by atoms with Gasteiger partial charge < -0.3 is 10.2 Å². The molecule has 0 amide bonds. The Morgan fingerprint density at radius 3 is 2.07 bits per heavy atom. The van der Waals surface area contributed by atoms with E-state index in [1.165, 1.54) is 55.1 Å². The van der Waals surface area contributed by atoms with Crippen LogP contribution in [0.15, 0.2) is 77.9 Å². The van der Waals surface area contributed by atoms with Crippen LogP contribution in [-0.2, 0) is 16.6 Å². The molecule has 0 radical (unpaired) electrons. The predicted octanol–water partition coefficient (Wildman–Crippen LogP) is 11.2. The molecule has 240 valence electrons. The lowest BCUT2D eigenvalue weighted by molar-refractivity contribution is -0.237. The van der Waals surface area contributed by atoms with Gasteiger partial charge in [0.1, 0.15) is 0 Å². The molecule has 1 atom stereocenters. The molecule has 0 heterocycles. The van der Waals surface area contributed by atoms with Crippen LogP contribution in [0.4, 0.5) is 0 Å². The van der Waals surface area contributed by atoms with E-state index < -0.39 is 11.2 Å². The Balaban J connectivity index is 1.65. The summed E-state index contributed by atoms with van der Waals surface area (Å²) in [5, 5.41) is 28.1. The Labute approximate surface area is 276 Å². The summed E-state index contributed by atoms with van der Waals surface area (Å²) in [6.45, 7) is 19.8. The van der Waals surface area contributed by atoms with Crippen molar-refractivity contribution in [1.82, 2.24) is 0 Å². The Morgan fingerprint density at radius 1 is 0.739 bits per heavy atom. The molecule has 0 saturated heterocycles. The summed E-state index contributed by atoms with van der Waals surface area (Å²) in [6, 6.07) is 20.3. The second-order valence-electron chi connectivity index (χ2n) is 16.1. The molecule has 0 fully saturated rings. The number of hydrogen-bond donors (Lipinski definition) is 2. The van der Waals surface area contributed by atoms with Gasteiger partial charge >= 0.3 is 0 Å². The van der Waals surface area contributed by atoms with Gasteiger partial charge in [0.15, 0.2) is 5.79 Å². The number of fused-ring (bicyclic) bond motifs is 4. The normalized spacial score (nSPS) is 19.9. The largest absolute Gasteiger partial charge is 0.362 e. The SMILES string of the molecule is CCC(CC)C1=CC2(CC(C(CC)CC)=C1)c1cc3ccccc3c3c1-c1c2ccc2cc(C(O)(O)C(C)(C)C)cc(c12)C3(C)C. The topological polar surface area (TPSA) is 40.5 Å². The molecule has 4 aromatic carbocycles. The van der Waals surface area contributed by atoms with E-state index in [4.69, 9.17) is 0 Å². The molecule has 2 heteroatoms. The third kappa shape index (κ3) is 4.08. The van der Waals surface area contributed by atoms with Gasteiger partial charge in [-0.3, -0.25) is 0 Å². The number of hydrogen-bond acceptors (Lipinski definition) is 2. The van der Waals surface area contributed by atoms with Gasteiger partial charge in [-0.05, 0) is 123 Å². The van der Waals surface area contributed by atoms with Crippen LogP contribution in [-0.4, -0.2) is 10.2 Å². The van der Waals surface area contributed by atoms with Crippen LogP contribution >= 0.6 is 0 Å². The third-order valence-electron chi connectivity index (χ3n) is 12.3. The summed E-state index contributed by atoms with van der Waals surface area (Å²) >= 11 is 0. The van der Waals surface area contributed by atoms with Gasteiger partial charge in [0.2, 0.25) is 0 Å². The third-order valence-corrected chi connectivity index (χ3v) is 12.3. The molecule has 1 spiro atoms. The highest BCUT2D eigenvalue weighted by Gasteiger charge is 2.51. The molecule has 46 heavy (non-hydrogen) atoms. The average molecular weight is 613 g/mol. The van der Waals surface area contributed by atoms with Gasteiger partial charge in [-0.1, -0.05) is 116 Å². The highest BCUT2D eigenvalue weighted by atomic mass is 16.5. The second kappa shape index (κ2) is 10.4. The predicted molar refractivity (Wildman–Crippen MR) is 194 cm³/mol. The van der Waals surface area contributed by atoms with Crippen molar-refractivity contribution in [3.63, 3.8) is 0 Å². The van der Waals surface area contributed by atoms with Gasteiger partial charge in [0.25, 0.3) is 0 Å². The standard InChI is InChI=1S/C44H52O2/c1-10-26(11-2)30-20-31(27(12-3)13-4)25-43(24-30)34-19-18-29-21-32(44(45,46)41(5,6)7)23-35-37(29)38(34)39-36(43)22-28-16-14-15-17-33(28)40(39)42(35,8)9/h14-24,26-27,45-46H,10-13,25H2,1-9H3. The number of allylic oxidation sites excluding steroid dienone is 4. The molecule has 7 rings (SSSR count). The van der Waals surface area contributed by atoms with Gasteiger partial charge in [0, 0.05) is 21.8 Å². The summed E-state index contributed by atoms with van der Waals surface area (Å²) in [6.07, 6.45) is 10.9. The van der Waals surface area contributed by atoms with E-state index in [0.29, 0.717) is 17.4 Å². The minimum Gasteiger partial charge on any atom is -0.362 e. The van der Waals surface area contributed by atoms with E-state index in [1.807, 2.05) is 26.8 Å². The lowest BCUT2D eigenvalue weighted by atomic mass is 9.65. The molecule has 2 nitrogen and oxygen atoms in total. The van der Waals surface area contributed by atoms with Crippen LogP contribution in [0.2, 0.25) is 0 Å². The van der Waals surface area contributed by atoms with Gasteiger partial charge in [-0.2, -0.15) is 0 Å². The molecular weight excluding hydrogens is 560 g/mol. The zero-order valence-electron chi connectivity index (χ0n) is 29.4. The molecule has 0 saturated carbocycles. The van der Waals surface area contributed by atoms with E-state index in [-0.39, 0.29) is 10.8 Å². The van der Waals surface area contributed by atoms with Crippen LogP contribution in [0.1, 0.15) is 122 Å². The fourth-order valence-electron chi connectivity index (χ4n) is 9.49. The molecule has 0 aliphatic heterocycles. The first-order valence-corrected chi connectivity index (χ1v) is 17.8. The molecule has 3 aliphatic rings. The van der Waals surface area contributed by atoms with Crippen LogP contribution in [0.3, 0.4) is 0 Å². The number of benzene rings is 4. The highest BCUT2D eigenvalue weighted by Crippen LogP contribution is 2.64. The van der Waals surface area contributed by atoms with Crippen molar-refractivity contribution >= 4 is 21.5 Å². The minimum atomic E-state index is -1.97. The molecule has 3 aliphatic carbocycles. The maximum atomic E-state index is 11.6. The second-order valence-corrected chi connectivity index (χ2v) is 16.1. The summed E-state index contributed by atoms with van der Waals surface area (Å²) < 4.78 is 0. The number of rotatable bonds is 7. The Kier molecular flexibility index (Phi) is 7.10. The summed E-state index contributed by atoms with van der Waals surface area (Å²) in [5.74, 6) is -0.861. The monoisotopic (exact) mass is 612 g/mol. The quantitative estimate of drug-likeness (QED) is 0.204. The molecule has 0 bridgehead atoms. The first kappa shape index (κ1) is 31.4. The lowest BCUT2D eigenvalue weighted by Crippen LogP contribution is -2.40. The summed E-state index contributed by atoms with van der Waals surface area (Å²) in [4.78, 5) is 0. The first-order chi connectivity index (χ1) is 21.7. The van der Waals surface area contributed by atoms with Gasteiger partial charge in [-0.15, -0.1) is 0 Å². The average Bonchev–Trinajstić information content (AvgIpc) is 3.27. The molecule has 2 N–H and O–H groups in total. The van der Waals surface area contributed by atoms with Crippen molar-refractivity contribution in [2.75, 3.05) is 0 Å². The molecular formula is C44H52O2. The van der Waals surface area contributed by atoms with Crippen LogP contribution < -0.4 is 0 Å². The molecule has 1 unspecified atom stereocenters. The maximum Gasteiger partial charge on any atom is 0.194 e. The summed E-state index contributed by atoms with van der Waals surface area (Å²) in [7, 11) is 0. The molecule has 0 aromatic heterocycles. The fraction of sp³-hybridized carbons (Fsp3) is 0.455. The van der Waals surface area contributed by atoms with Crippen molar-refractivity contribution in [2.24, 2.45) is 17.3 Å². The summed E-state index contributed by atoms with van der Waals surface area (Å²) in [5.41, 5.74) is 10.6. The van der Waals surface area contributed by atoms with Crippen LogP contribution in [0.25, 0.3) is 32.7 Å². The Morgan fingerprint density at radius 2 is 1.41 bits per heavy atom. The van der Waals surface area contributed by atoms with Crippen LogP contribution in [0.5, 0.6) is 0 Å². The smallest absolute Gasteiger partial charge is 0.194 e. The van der Waals surface area contributed by atoms with E-state index in [0.717, 1.165) is 37.5 Å². The van der Waals surface area contributed by atoms with E-state index >= 15 is 0 Å². The minimum absolute atomic E-state index is 0.234. The zero-order chi connectivity index (χ0) is 33.0. The molecule has 4 aromatic rings. The lowest BCUT2D eigenvalue weighted by Gasteiger charge is -2.40. The number of aliphatic hydroxyl groups is 2. The van der Waals surface area contributed by atoms with E-state index in [9.17, 15) is 10.2 Å². The Bertz CT molecular complexity index is 1950. The van der Waals surface area contributed by atoms with Crippen molar-refractivity contribution < 1.29 is 10.2 Å². The van der Waals surface area contributed by atoms with Crippen molar-refractivity contribution in [3.8, 4) is 11.1 Å². The van der Waals surface area contributed by atoms with Crippen molar-refractivity contribution in [3.05, 3.63) is 106 Å². The van der Waals surface area contributed by atoms with Gasteiger partial charge in [-0.25, -0.2) is 0 Å². The van der Waals surface area contributed by atoms with Crippen molar-refractivity contribution in [2.45, 2.75) is 111 Å². The van der Waals surface area contributed by atoms with E-state index in [2.05, 4.69) is 102 Å². The Hall–Kier alpha value is -3.20. The highest BCUT2D eigenvalue weighted by molar-refractivity contribution is 6.12. The maximum absolute atomic E-state index is 11.6. The van der Waals surface area contributed by atoms with Gasteiger partial charge in [0.05, 0.1) is 0 Å². The van der Waals surface area contributed by atoms with E-state index in [1.54, 1.807) is 5.57 Å². The van der Waals surface area contributed by atoms with Crippen LogP contribution in [0, 0.1) is 17.3 Å². The first-order valence-electron chi connectivity index (χ1n) is 17.8. The fourth-order valence-corrected chi connectivity index (χ4v) is 9.49.